The van der Waals surface area contributed by atoms with Crippen LogP contribution in [0, 0.1) is 13.8 Å². The van der Waals surface area contributed by atoms with E-state index < -0.39 is 0 Å². The number of aromatic nitrogens is 1. The van der Waals surface area contributed by atoms with Gasteiger partial charge in [-0.25, -0.2) is 0 Å². The van der Waals surface area contributed by atoms with Gasteiger partial charge in [0, 0.05) is 23.3 Å². The average molecular weight is 147 g/mol. The van der Waals surface area contributed by atoms with Gasteiger partial charge in [-0.1, -0.05) is 0 Å². The summed E-state index contributed by atoms with van der Waals surface area (Å²) in [6.07, 6.45) is 1.83. The van der Waals surface area contributed by atoms with Gasteiger partial charge >= 0.3 is 0 Å². The number of pyridine rings is 1. The summed E-state index contributed by atoms with van der Waals surface area (Å²) in [5, 5.41) is 1.08. The fourth-order valence-corrected chi connectivity index (χ4v) is 1.16. The summed E-state index contributed by atoms with van der Waals surface area (Å²) in [5.41, 5.74) is 1.92. The Bertz CT molecular complexity index is 389. The van der Waals surface area contributed by atoms with E-state index in [1.165, 1.54) is 0 Å². The van der Waals surface area contributed by atoms with E-state index in [2.05, 4.69) is 4.98 Å². The van der Waals surface area contributed by atoms with E-state index in [0.717, 1.165) is 22.4 Å². The Hall–Kier alpha value is -1.31. The lowest BCUT2D eigenvalue weighted by molar-refractivity contribution is 0.578. The minimum absolute atomic E-state index is 0.926. The van der Waals surface area contributed by atoms with Gasteiger partial charge in [0.05, 0.1) is 0 Å². The maximum atomic E-state index is 5.41. The molecular weight excluding hydrogens is 138 g/mol. The molecule has 0 fully saturated rings. The summed E-state index contributed by atoms with van der Waals surface area (Å²) in [5.74, 6) is 0.937. The van der Waals surface area contributed by atoms with Gasteiger partial charge in [0.1, 0.15) is 11.3 Å². The van der Waals surface area contributed by atoms with Gasteiger partial charge in [-0.15, -0.1) is 0 Å². The molecule has 2 heterocycles. The normalized spacial score (nSPS) is 10.7. The summed E-state index contributed by atoms with van der Waals surface area (Å²) in [6, 6.07) is 3.93. The van der Waals surface area contributed by atoms with Crippen molar-refractivity contribution in [3.8, 4) is 0 Å². The second kappa shape index (κ2) is 2.09. The first-order valence-electron chi connectivity index (χ1n) is 3.58. The fraction of sp³-hybridized carbons (Fsp3) is 0.222. The van der Waals surface area contributed by atoms with E-state index in [1.807, 2.05) is 32.2 Å². The SMILES string of the molecule is Cc1cc2oc(C)cc2cn1. The zero-order chi connectivity index (χ0) is 7.84. The van der Waals surface area contributed by atoms with Crippen LogP contribution in [0.1, 0.15) is 11.5 Å². The zero-order valence-corrected chi connectivity index (χ0v) is 6.59. The molecule has 0 saturated heterocycles. The maximum absolute atomic E-state index is 5.41. The molecule has 2 heteroatoms. The molecular formula is C9H9NO. The van der Waals surface area contributed by atoms with Crippen LogP contribution in [0.4, 0.5) is 0 Å². The molecule has 0 aliphatic carbocycles. The van der Waals surface area contributed by atoms with Gasteiger partial charge in [0.25, 0.3) is 0 Å². The molecule has 0 unspecified atom stereocenters. The van der Waals surface area contributed by atoms with E-state index in [-0.39, 0.29) is 0 Å². The van der Waals surface area contributed by atoms with E-state index in [9.17, 15) is 0 Å². The molecule has 0 amide bonds. The van der Waals surface area contributed by atoms with Crippen molar-refractivity contribution in [2.45, 2.75) is 13.8 Å². The number of rotatable bonds is 0. The van der Waals surface area contributed by atoms with E-state index in [4.69, 9.17) is 4.42 Å². The van der Waals surface area contributed by atoms with Gasteiger partial charge in [0.15, 0.2) is 0 Å². The largest absolute Gasteiger partial charge is 0.461 e. The Balaban J connectivity index is 2.82. The predicted octanol–water partition coefficient (Wildman–Crippen LogP) is 2.44. The summed E-state index contributed by atoms with van der Waals surface area (Å²) in [7, 11) is 0. The van der Waals surface area contributed by atoms with Crippen molar-refractivity contribution in [1.82, 2.24) is 4.98 Å². The molecule has 2 aromatic rings. The summed E-state index contributed by atoms with van der Waals surface area (Å²) < 4.78 is 5.41. The number of aryl methyl sites for hydroxylation is 2. The topological polar surface area (TPSA) is 26.0 Å². The van der Waals surface area contributed by atoms with Crippen LogP contribution in [0.2, 0.25) is 0 Å². The standard InChI is InChI=1S/C9H9NO/c1-6-3-9-8(5-10-6)4-7(2)11-9/h3-5H,1-2H3. The second-order valence-corrected chi connectivity index (χ2v) is 2.72. The van der Waals surface area contributed by atoms with Crippen LogP contribution >= 0.6 is 0 Å². The molecule has 0 aromatic carbocycles. The van der Waals surface area contributed by atoms with Gasteiger partial charge in [-0.2, -0.15) is 0 Å². The van der Waals surface area contributed by atoms with Crippen LogP contribution in [0.5, 0.6) is 0 Å². The molecule has 2 rings (SSSR count). The van der Waals surface area contributed by atoms with Crippen molar-refractivity contribution >= 4 is 11.0 Å². The molecule has 0 saturated carbocycles. The zero-order valence-electron chi connectivity index (χ0n) is 6.59. The number of hydrogen-bond donors (Lipinski definition) is 0. The Kier molecular flexibility index (Phi) is 1.22. The summed E-state index contributed by atoms with van der Waals surface area (Å²) in [6.45, 7) is 3.90. The first kappa shape index (κ1) is 6.40. The highest BCUT2D eigenvalue weighted by atomic mass is 16.3. The van der Waals surface area contributed by atoms with Gasteiger partial charge < -0.3 is 4.42 Å². The first-order valence-corrected chi connectivity index (χ1v) is 3.58. The first-order chi connectivity index (χ1) is 5.25. The van der Waals surface area contributed by atoms with Crippen molar-refractivity contribution < 1.29 is 4.42 Å². The Morgan fingerprint density at radius 3 is 2.91 bits per heavy atom. The van der Waals surface area contributed by atoms with Crippen LogP contribution in [0.3, 0.4) is 0 Å². The molecule has 0 aliphatic heterocycles. The molecule has 0 spiro atoms. The molecule has 0 aliphatic rings. The predicted molar refractivity (Wildman–Crippen MR) is 43.5 cm³/mol. The van der Waals surface area contributed by atoms with E-state index in [0.29, 0.717) is 0 Å². The van der Waals surface area contributed by atoms with Crippen molar-refractivity contribution in [3.05, 3.63) is 29.8 Å². The fourth-order valence-electron chi connectivity index (χ4n) is 1.16. The lowest BCUT2D eigenvalue weighted by atomic mass is 10.3. The lowest BCUT2D eigenvalue weighted by Crippen LogP contribution is -1.76. The Morgan fingerprint density at radius 1 is 1.27 bits per heavy atom. The number of hydrogen-bond acceptors (Lipinski definition) is 2. The van der Waals surface area contributed by atoms with Crippen LogP contribution in [0.15, 0.2) is 22.7 Å². The third-order valence-electron chi connectivity index (χ3n) is 1.66. The minimum Gasteiger partial charge on any atom is -0.461 e. The third-order valence-corrected chi connectivity index (χ3v) is 1.66. The molecule has 2 nitrogen and oxygen atoms in total. The average Bonchev–Trinajstić information content (AvgIpc) is 2.27. The summed E-state index contributed by atoms with van der Waals surface area (Å²) in [4.78, 5) is 4.16. The molecule has 0 N–H and O–H groups in total. The van der Waals surface area contributed by atoms with E-state index in [1.54, 1.807) is 0 Å². The van der Waals surface area contributed by atoms with Crippen LogP contribution in [-0.2, 0) is 0 Å². The van der Waals surface area contributed by atoms with E-state index >= 15 is 0 Å². The molecule has 0 radical (unpaired) electrons. The number of fused-ring (bicyclic) bond motifs is 1. The second-order valence-electron chi connectivity index (χ2n) is 2.72. The van der Waals surface area contributed by atoms with Crippen molar-refractivity contribution in [2.24, 2.45) is 0 Å². The van der Waals surface area contributed by atoms with Gasteiger partial charge in [-0.05, 0) is 19.9 Å². The number of nitrogens with zero attached hydrogens (tertiary/aromatic N) is 1. The lowest BCUT2D eigenvalue weighted by Gasteiger charge is -1.88. The number of furan rings is 1. The van der Waals surface area contributed by atoms with Crippen molar-refractivity contribution in [1.29, 1.82) is 0 Å². The summed E-state index contributed by atoms with van der Waals surface area (Å²) >= 11 is 0. The Morgan fingerprint density at radius 2 is 2.09 bits per heavy atom. The molecule has 2 aromatic heterocycles. The molecule has 0 bridgehead atoms. The third kappa shape index (κ3) is 1.00. The van der Waals surface area contributed by atoms with Crippen LogP contribution < -0.4 is 0 Å². The quantitative estimate of drug-likeness (QED) is 0.572. The molecule has 0 atom stereocenters. The van der Waals surface area contributed by atoms with Crippen molar-refractivity contribution in [2.75, 3.05) is 0 Å². The highest BCUT2D eigenvalue weighted by Crippen LogP contribution is 2.17. The van der Waals surface area contributed by atoms with Gasteiger partial charge in [0.2, 0.25) is 0 Å². The van der Waals surface area contributed by atoms with Crippen molar-refractivity contribution in [3.63, 3.8) is 0 Å². The highest BCUT2D eigenvalue weighted by molar-refractivity contribution is 5.76. The van der Waals surface area contributed by atoms with Crippen LogP contribution in [-0.4, -0.2) is 4.98 Å². The Labute approximate surface area is 64.9 Å². The monoisotopic (exact) mass is 147 g/mol. The molecule has 56 valence electrons. The van der Waals surface area contributed by atoms with Gasteiger partial charge in [-0.3, -0.25) is 4.98 Å². The molecule has 11 heavy (non-hydrogen) atoms. The van der Waals surface area contributed by atoms with Crippen LogP contribution in [0.25, 0.3) is 11.0 Å². The smallest absolute Gasteiger partial charge is 0.137 e. The maximum Gasteiger partial charge on any atom is 0.137 e. The minimum atomic E-state index is 0.926. The highest BCUT2D eigenvalue weighted by Gasteiger charge is 1.99.